The number of rotatable bonds is 15. The standard InChI is InChI=1S/C26H38N2O8/c1-4-7-12-20(29)33-17-19-23(35-21(30)13-8-5-2)24(36-22(31)14-9-6-3)26(34-19)28-15-10-11-18(16-28)25(27)32/h10-11,15-16,19,23-24,26H,4-9,12-14,17H2,1-3H3,(H-,27,32)/p+1/t19-,23-,24+,26-/m1/s1. The summed E-state index contributed by atoms with van der Waals surface area (Å²) in [4.78, 5) is 49.1. The molecule has 0 unspecified atom stereocenters. The summed E-state index contributed by atoms with van der Waals surface area (Å²) in [5, 5.41) is 0. The van der Waals surface area contributed by atoms with Crippen molar-refractivity contribution in [3.8, 4) is 0 Å². The predicted molar refractivity (Wildman–Crippen MR) is 128 cm³/mol. The Labute approximate surface area is 212 Å². The van der Waals surface area contributed by atoms with Crippen LogP contribution in [0.1, 0.15) is 95.1 Å². The van der Waals surface area contributed by atoms with Gasteiger partial charge in [-0.2, -0.15) is 4.57 Å². The number of carbonyl (C=O) groups is 4. The smallest absolute Gasteiger partial charge is 0.306 e. The lowest BCUT2D eigenvalue weighted by Crippen LogP contribution is -2.49. The number of hydrogen-bond donors (Lipinski definition) is 1. The third-order valence-corrected chi connectivity index (χ3v) is 5.83. The van der Waals surface area contributed by atoms with Crippen molar-refractivity contribution in [3.05, 3.63) is 30.1 Å². The molecule has 1 aromatic heterocycles. The number of unbranched alkanes of at least 4 members (excludes halogenated alkanes) is 3. The zero-order valence-electron chi connectivity index (χ0n) is 21.5. The van der Waals surface area contributed by atoms with E-state index in [0.717, 1.165) is 19.3 Å². The van der Waals surface area contributed by atoms with E-state index in [0.29, 0.717) is 19.3 Å². The maximum atomic E-state index is 12.6. The highest BCUT2D eigenvalue weighted by molar-refractivity contribution is 5.92. The quantitative estimate of drug-likeness (QED) is 0.217. The predicted octanol–water partition coefficient (Wildman–Crippen LogP) is 2.91. The van der Waals surface area contributed by atoms with E-state index in [2.05, 4.69) is 0 Å². The Morgan fingerprint density at radius 2 is 1.44 bits per heavy atom. The van der Waals surface area contributed by atoms with E-state index in [4.69, 9.17) is 24.7 Å². The van der Waals surface area contributed by atoms with Gasteiger partial charge in [-0.05, 0) is 25.3 Å². The molecule has 0 radical (unpaired) electrons. The van der Waals surface area contributed by atoms with E-state index < -0.39 is 42.4 Å². The van der Waals surface area contributed by atoms with Crippen molar-refractivity contribution in [2.24, 2.45) is 5.73 Å². The summed E-state index contributed by atoms with van der Waals surface area (Å²) in [6, 6.07) is 3.16. The molecule has 2 N–H and O–H groups in total. The molecule has 10 heteroatoms. The van der Waals surface area contributed by atoms with Gasteiger partial charge >= 0.3 is 24.1 Å². The maximum Gasteiger partial charge on any atom is 0.306 e. The van der Waals surface area contributed by atoms with Crippen molar-refractivity contribution in [2.45, 2.75) is 103 Å². The van der Waals surface area contributed by atoms with Gasteiger partial charge in [-0.1, -0.05) is 40.0 Å². The molecule has 1 fully saturated rings. The van der Waals surface area contributed by atoms with Crippen LogP contribution in [0.3, 0.4) is 0 Å². The van der Waals surface area contributed by atoms with Crippen LogP contribution < -0.4 is 10.3 Å². The van der Waals surface area contributed by atoms with E-state index in [1.165, 1.54) is 6.20 Å². The van der Waals surface area contributed by atoms with Gasteiger partial charge in [-0.25, -0.2) is 0 Å². The lowest BCUT2D eigenvalue weighted by atomic mass is 10.1. The number of aromatic nitrogens is 1. The minimum absolute atomic E-state index is 0.177. The van der Waals surface area contributed by atoms with Crippen molar-refractivity contribution in [1.29, 1.82) is 0 Å². The molecular weight excluding hydrogens is 468 g/mol. The molecule has 1 aliphatic rings. The average Bonchev–Trinajstić information content (AvgIpc) is 3.20. The third-order valence-electron chi connectivity index (χ3n) is 5.83. The Kier molecular flexibility index (Phi) is 12.3. The summed E-state index contributed by atoms with van der Waals surface area (Å²) >= 11 is 0. The summed E-state index contributed by atoms with van der Waals surface area (Å²) in [7, 11) is 0. The van der Waals surface area contributed by atoms with Gasteiger partial charge in [0, 0.05) is 25.3 Å². The molecule has 1 amide bonds. The van der Waals surface area contributed by atoms with Crippen LogP contribution in [-0.4, -0.2) is 48.7 Å². The highest BCUT2D eigenvalue weighted by Crippen LogP contribution is 2.32. The molecule has 36 heavy (non-hydrogen) atoms. The van der Waals surface area contributed by atoms with Crippen LogP contribution in [0.4, 0.5) is 0 Å². The highest BCUT2D eigenvalue weighted by Gasteiger charge is 2.55. The SMILES string of the molecule is CCCCC(=O)OC[C@H]1O[C@@H]([n+]2cccc(C(N)=O)c2)[C@@H](OC(=O)CCCC)[C@@H]1OC(=O)CCCC. The fourth-order valence-corrected chi connectivity index (χ4v) is 3.78. The van der Waals surface area contributed by atoms with Crippen LogP contribution in [0.5, 0.6) is 0 Å². The first-order chi connectivity index (χ1) is 17.3. The van der Waals surface area contributed by atoms with Gasteiger partial charge in [0.2, 0.25) is 6.10 Å². The van der Waals surface area contributed by atoms with Crippen LogP contribution >= 0.6 is 0 Å². The molecule has 0 spiro atoms. The van der Waals surface area contributed by atoms with Gasteiger partial charge in [0.05, 0.1) is 0 Å². The van der Waals surface area contributed by atoms with Gasteiger partial charge in [0.25, 0.3) is 5.91 Å². The number of nitrogens with two attached hydrogens (primary N) is 1. The Morgan fingerprint density at radius 1 is 0.889 bits per heavy atom. The monoisotopic (exact) mass is 507 g/mol. The second kappa shape index (κ2) is 15.2. The summed E-state index contributed by atoms with van der Waals surface area (Å²) in [6.07, 6.45) is 4.36. The summed E-state index contributed by atoms with van der Waals surface area (Å²) in [6.45, 7) is 5.71. The zero-order valence-corrected chi connectivity index (χ0v) is 21.5. The molecule has 0 bridgehead atoms. The molecule has 200 valence electrons. The number of nitrogens with zero attached hydrogens (tertiary/aromatic N) is 1. The molecule has 0 aromatic carbocycles. The Bertz CT molecular complexity index is 890. The molecule has 10 nitrogen and oxygen atoms in total. The van der Waals surface area contributed by atoms with Crippen molar-refractivity contribution in [3.63, 3.8) is 0 Å². The first kappa shape index (κ1) is 29.2. The number of carbonyl (C=O) groups excluding carboxylic acids is 4. The second-order valence-electron chi connectivity index (χ2n) is 8.87. The van der Waals surface area contributed by atoms with Crippen molar-refractivity contribution < 1.29 is 42.7 Å². The number of primary amides is 1. The van der Waals surface area contributed by atoms with E-state index in [-0.39, 0.29) is 37.4 Å². The Balaban J connectivity index is 2.35. The van der Waals surface area contributed by atoms with Crippen LogP contribution in [0, 0.1) is 0 Å². The average molecular weight is 508 g/mol. The number of ether oxygens (including phenoxy) is 4. The largest absolute Gasteiger partial charge is 0.463 e. The van der Waals surface area contributed by atoms with E-state index >= 15 is 0 Å². The summed E-state index contributed by atoms with van der Waals surface area (Å²) in [5.41, 5.74) is 5.66. The van der Waals surface area contributed by atoms with E-state index in [1.54, 1.807) is 22.9 Å². The van der Waals surface area contributed by atoms with E-state index in [9.17, 15) is 19.2 Å². The van der Waals surface area contributed by atoms with Gasteiger partial charge < -0.3 is 24.7 Å². The van der Waals surface area contributed by atoms with Gasteiger partial charge in [0.15, 0.2) is 18.5 Å². The van der Waals surface area contributed by atoms with E-state index in [1.807, 2.05) is 20.8 Å². The lowest BCUT2D eigenvalue weighted by Gasteiger charge is -2.22. The molecule has 4 atom stereocenters. The number of esters is 3. The first-order valence-corrected chi connectivity index (χ1v) is 12.8. The zero-order chi connectivity index (χ0) is 26.5. The number of pyridine rings is 1. The van der Waals surface area contributed by atoms with Crippen LogP contribution in [-0.2, 0) is 33.3 Å². The van der Waals surface area contributed by atoms with Crippen molar-refractivity contribution >= 4 is 23.8 Å². The van der Waals surface area contributed by atoms with Crippen molar-refractivity contribution in [1.82, 2.24) is 0 Å². The lowest BCUT2D eigenvalue weighted by molar-refractivity contribution is -0.765. The molecule has 2 rings (SSSR count). The fraction of sp³-hybridized carbons (Fsp3) is 0.654. The fourth-order valence-electron chi connectivity index (χ4n) is 3.78. The maximum absolute atomic E-state index is 12.6. The topological polar surface area (TPSA) is 135 Å². The van der Waals surface area contributed by atoms with Gasteiger partial charge in [0.1, 0.15) is 18.3 Å². The number of hydrogen-bond acceptors (Lipinski definition) is 8. The van der Waals surface area contributed by atoms with Crippen LogP contribution in [0.25, 0.3) is 0 Å². The van der Waals surface area contributed by atoms with Crippen molar-refractivity contribution in [2.75, 3.05) is 6.61 Å². The second-order valence-corrected chi connectivity index (χ2v) is 8.87. The molecule has 1 aromatic rings. The molecule has 2 heterocycles. The minimum Gasteiger partial charge on any atom is -0.463 e. The normalized spacial score (nSPS) is 21.1. The highest BCUT2D eigenvalue weighted by atomic mass is 16.7. The molecule has 1 aliphatic heterocycles. The Morgan fingerprint density at radius 3 is 2.00 bits per heavy atom. The number of amides is 1. The minimum atomic E-state index is -1.02. The first-order valence-electron chi connectivity index (χ1n) is 12.8. The molecule has 0 aliphatic carbocycles. The molecule has 0 saturated carbocycles. The third kappa shape index (κ3) is 8.89. The molecule has 1 saturated heterocycles. The van der Waals surface area contributed by atoms with Gasteiger partial charge in [-0.3, -0.25) is 19.2 Å². The van der Waals surface area contributed by atoms with Gasteiger partial charge in [-0.15, -0.1) is 0 Å². The Hall–Kier alpha value is -3.01. The summed E-state index contributed by atoms with van der Waals surface area (Å²) in [5.74, 6) is -1.95. The van der Waals surface area contributed by atoms with Crippen LogP contribution in [0.2, 0.25) is 0 Å². The summed E-state index contributed by atoms with van der Waals surface area (Å²) < 4.78 is 24.6. The molecular formula is C26H39N2O8+. The van der Waals surface area contributed by atoms with Crippen LogP contribution in [0.15, 0.2) is 24.5 Å².